The van der Waals surface area contributed by atoms with E-state index in [1.54, 1.807) is 0 Å². The number of benzene rings is 1. The summed E-state index contributed by atoms with van der Waals surface area (Å²) >= 11 is 5.67. The lowest BCUT2D eigenvalue weighted by molar-refractivity contribution is -0.137. The molecule has 134 valence electrons. The van der Waals surface area contributed by atoms with Gasteiger partial charge in [0.05, 0.1) is 16.1 Å². The highest BCUT2D eigenvalue weighted by Gasteiger charge is 2.30. The number of carbonyl (C=O) groups is 1. The average Bonchev–Trinajstić information content (AvgIpc) is 2.54. The van der Waals surface area contributed by atoms with Crippen LogP contribution >= 0.6 is 11.6 Å². The first kappa shape index (κ1) is 18.9. The summed E-state index contributed by atoms with van der Waals surface area (Å²) in [6.07, 6.45) is -3.79. The van der Waals surface area contributed by atoms with E-state index in [9.17, 15) is 26.7 Å². The van der Waals surface area contributed by atoms with Crippen molar-refractivity contribution in [1.82, 2.24) is 10.3 Å². The highest BCUT2D eigenvalue weighted by molar-refractivity contribution is 6.33. The van der Waals surface area contributed by atoms with Crippen molar-refractivity contribution in [2.75, 3.05) is 18.4 Å². The van der Waals surface area contributed by atoms with Crippen LogP contribution in [-0.2, 0) is 6.18 Å². The van der Waals surface area contributed by atoms with Gasteiger partial charge in [0, 0.05) is 19.3 Å². The van der Waals surface area contributed by atoms with Crippen LogP contribution in [0.15, 0.2) is 30.5 Å². The van der Waals surface area contributed by atoms with Crippen molar-refractivity contribution in [3.63, 3.8) is 0 Å². The van der Waals surface area contributed by atoms with Crippen molar-refractivity contribution >= 4 is 23.3 Å². The molecule has 0 radical (unpaired) electrons. The third-order valence-electron chi connectivity index (χ3n) is 3.06. The third kappa shape index (κ3) is 5.02. The summed E-state index contributed by atoms with van der Waals surface area (Å²) in [6, 6.07) is 3.39. The normalized spacial score (nSPS) is 11.3. The van der Waals surface area contributed by atoms with Gasteiger partial charge in [0.25, 0.3) is 5.91 Å². The van der Waals surface area contributed by atoms with Crippen LogP contribution in [0.25, 0.3) is 0 Å². The Hall–Kier alpha value is -2.42. The Morgan fingerprint density at radius 2 is 1.80 bits per heavy atom. The van der Waals surface area contributed by atoms with Gasteiger partial charge in [0.2, 0.25) is 0 Å². The van der Waals surface area contributed by atoms with Crippen LogP contribution in [0.5, 0.6) is 0 Å². The fourth-order valence-electron chi connectivity index (χ4n) is 1.82. The van der Waals surface area contributed by atoms with Crippen LogP contribution in [0.1, 0.15) is 15.9 Å². The summed E-state index contributed by atoms with van der Waals surface area (Å²) < 4.78 is 63.3. The number of anilines is 1. The second-order valence-electron chi connectivity index (χ2n) is 4.86. The molecule has 0 aliphatic rings. The van der Waals surface area contributed by atoms with E-state index in [-0.39, 0.29) is 29.5 Å². The number of pyridine rings is 1. The number of carbonyl (C=O) groups excluding carboxylic acids is 1. The van der Waals surface area contributed by atoms with E-state index in [2.05, 4.69) is 15.6 Å². The van der Waals surface area contributed by atoms with E-state index >= 15 is 0 Å². The Morgan fingerprint density at radius 3 is 2.40 bits per heavy atom. The molecule has 25 heavy (non-hydrogen) atoms. The van der Waals surface area contributed by atoms with Gasteiger partial charge in [-0.3, -0.25) is 4.79 Å². The Balaban J connectivity index is 1.85. The molecule has 0 atom stereocenters. The van der Waals surface area contributed by atoms with Crippen LogP contribution in [0.3, 0.4) is 0 Å². The van der Waals surface area contributed by atoms with Crippen molar-refractivity contribution in [2.45, 2.75) is 6.18 Å². The first-order chi connectivity index (χ1) is 11.7. The smallest absolute Gasteiger partial charge is 0.368 e. The van der Waals surface area contributed by atoms with Gasteiger partial charge < -0.3 is 10.6 Å². The van der Waals surface area contributed by atoms with Crippen LogP contribution in [-0.4, -0.2) is 24.0 Å². The molecule has 2 aromatic rings. The van der Waals surface area contributed by atoms with Crippen molar-refractivity contribution in [3.8, 4) is 0 Å². The maximum absolute atomic E-state index is 13.1. The zero-order valence-electron chi connectivity index (χ0n) is 12.4. The minimum absolute atomic E-state index is 0.0524. The zero-order chi connectivity index (χ0) is 18.6. The van der Waals surface area contributed by atoms with E-state index < -0.39 is 29.3 Å². The van der Waals surface area contributed by atoms with Gasteiger partial charge in [0.1, 0.15) is 5.82 Å². The molecule has 2 N–H and O–H groups in total. The monoisotopic (exact) mass is 379 g/mol. The molecule has 0 saturated carbocycles. The molecule has 0 aliphatic heterocycles. The lowest BCUT2D eigenvalue weighted by atomic mass is 10.2. The second kappa shape index (κ2) is 7.64. The van der Waals surface area contributed by atoms with Gasteiger partial charge in [-0.1, -0.05) is 11.6 Å². The van der Waals surface area contributed by atoms with Crippen molar-refractivity contribution in [1.29, 1.82) is 0 Å². The Bertz CT molecular complexity index is 765. The summed E-state index contributed by atoms with van der Waals surface area (Å²) in [5.41, 5.74) is -1.10. The molecule has 0 spiro atoms. The van der Waals surface area contributed by atoms with Gasteiger partial charge >= 0.3 is 6.18 Å². The highest BCUT2D eigenvalue weighted by Crippen LogP contribution is 2.28. The largest absolute Gasteiger partial charge is 0.417 e. The predicted octanol–water partition coefficient (Wildman–Crippen LogP) is 3.87. The van der Waals surface area contributed by atoms with E-state index in [4.69, 9.17) is 11.6 Å². The topological polar surface area (TPSA) is 54.0 Å². The molecule has 0 fully saturated rings. The fourth-order valence-corrected chi connectivity index (χ4v) is 2.06. The number of aromatic nitrogens is 1. The molecule has 0 unspecified atom stereocenters. The molecule has 1 aromatic carbocycles. The SMILES string of the molecule is O=C(NCCNc1ccc(C(F)(F)F)cn1)c1cc(F)c(F)cc1Cl. The standard InChI is InChI=1S/C15H11ClF5N3O/c16-10-6-12(18)11(17)5-9(10)14(25)23-4-3-22-13-2-1-8(7-24-13)15(19,20)21/h1-2,5-7H,3-4H2,(H,22,24)(H,23,25). The minimum Gasteiger partial charge on any atom is -0.368 e. The van der Waals surface area contributed by atoms with Crippen LogP contribution in [0, 0.1) is 11.6 Å². The summed E-state index contributed by atoms with van der Waals surface area (Å²) in [7, 11) is 0. The number of alkyl halides is 3. The first-order valence-electron chi connectivity index (χ1n) is 6.88. The minimum atomic E-state index is -4.47. The van der Waals surface area contributed by atoms with Crippen LogP contribution in [0.2, 0.25) is 5.02 Å². The van der Waals surface area contributed by atoms with Gasteiger partial charge in [0.15, 0.2) is 11.6 Å². The number of nitrogens with one attached hydrogen (secondary N) is 2. The highest BCUT2D eigenvalue weighted by atomic mass is 35.5. The third-order valence-corrected chi connectivity index (χ3v) is 3.37. The van der Waals surface area contributed by atoms with Crippen molar-refractivity contribution in [3.05, 3.63) is 58.2 Å². The lowest BCUT2D eigenvalue weighted by Gasteiger charge is -2.10. The summed E-state index contributed by atoms with van der Waals surface area (Å²) in [5.74, 6) is -2.91. The van der Waals surface area contributed by atoms with Crippen molar-refractivity contribution < 1.29 is 26.7 Å². The maximum Gasteiger partial charge on any atom is 0.417 e. The van der Waals surface area contributed by atoms with Gasteiger partial charge in [-0.05, 0) is 24.3 Å². The molecule has 0 bridgehead atoms. The molecule has 0 aliphatic carbocycles. The maximum atomic E-state index is 13.1. The van der Waals surface area contributed by atoms with E-state index in [1.165, 1.54) is 0 Å². The molecule has 4 nitrogen and oxygen atoms in total. The molecule has 0 saturated heterocycles. The lowest BCUT2D eigenvalue weighted by Crippen LogP contribution is -2.29. The van der Waals surface area contributed by atoms with Crippen molar-refractivity contribution in [2.24, 2.45) is 0 Å². The number of amides is 1. The summed E-state index contributed by atoms with van der Waals surface area (Å²) in [5, 5.41) is 4.87. The van der Waals surface area contributed by atoms with Crippen LogP contribution < -0.4 is 10.6 Å². The number of rotatable bonds is 5. The Morgan fingerprint density at radius 1 is 1.12 bits per heavy atom. The number of hydrogen-bond acceptors (Lipinski definition) is 3. The Kier molecular flexibility index (Phi) is 5.78. The van der Waals surface area contributed by atoms with E-state index in [0.29, 0.717) is 18.3 Å². The molecule has 1 amide bonds. The van der Waals surface area contributed by atoms with Gasteiger partial charge in [-0.2, -0.15) is 13.2 Å². The zero-order valence-corrected chi connectivity index (χ0v) is 13.2. The first-order valence-corrected chi connectivity index (χ1v) is 7.26. The molecule has 1 heterocycles. The number of halogens is 6. The average molecular weight is 380 g/mol. The van der Waals surface area contributed by atoms with Crippen LogP contribution in [0.4, 0.5) is 27.8 Å². The molecular weight excluding hydrogens is 369 g/mol. The molecule has 2 rings (SSSR count). The molecular formula is C15H11ClF5N3O. The quantitative estimate of drug-likeness (QED) is 0.471. The molecule has 1 aromatic heterocycles. The fraction of sp³-hybridized carbons (Fsp3) is 0.200. The number of nitrogens with zero attached hydrogens (tertiary/aromatic N) is 1. The molecule has 10 heteroatoms. The Labute approximate surface area is 144 Å². The summed E-state index contributed by atoms with van der Waals surface area (Å²) in [4.78, 5) is 15.4. The number of hydrogen-bond donors (Lipinski definition) is 2. The van der Waals surface area contributed by atoms with E-state index in [0.717, 1.165) is 12.1 Å². The predicted molar refractivity (Wildman–Crippen MR) is 81.4 cm³/mol. The van der Waals surface area contributed by atoms with Gasteiger partial charge in [-0.15, -0.1) is 0 Å². The van der Waals surface area contributed by atoms with E-state index in [1.807, 2.05) is 0 Å². The summed E-state index contributed by atoms with van der Waals surface area (Å²) in [6.45, 7) is 0.197. The van der Waals surface area contributed by atoms with Gasteiger partial charge in [-0.25, -0.2) is 13.8 Å². The second-order valence-corrected chi connectivity index (χ2v) is 5.27.